The summed E-state index contributed by atoms with van der Waals surface area (Å²) >= 11 is 0. The first kappa shape index (κ1) is 13.5. The van der Waals surface area contributed by atoms with Gasteiger partial charge in [-0.25, -0.2) is 5.48 Å². The molecule has 1 amide bonds. The third kappa shape index (κ3) is 2.93. The molecule has 1 aliphatic rings. The molecule has 4 nitrogen and oxygen atoms in total. The van der Waals surface area contributed by atoms with Crippen molar-refractivity contribution in [1.29, 1.82) is 0 Å². The lowest BCUT2D eigenvalue weighted by atomic mass is 10.1. The molecule has 1 aliphatic carbocycles. The molecule has 0 saturated carbocycles. The average Bonchev–Trinajstić information content (AvgIpc) is 2.86. The number of hydrogen-bond acceptors (Lipinski definition) is 3. The lowest BCUT2D eigenvalue weighted by Gasteiger charge is -2.08. The van der Waals surface area contributed by atoms with Crippen molar-refractivity contribution in [2.45, 2.75) is 19.0 Å². The number of hydrogen-bond donors (Lipinski definition) is 2. The van der Waals surface area contributed by atoms with Crippen molar-refractivity contribution < 1.29 is 23.2 Å². The zero-order chi connectivity index (χ0) is 14.0. The Morgan fingerprint density at radius 3 is 2.84 bits per heavy atom. The Morgan fingerprint density at radius 2 is 2.21 bits per heavy atom. The van der Waals surface area contributed by atoms with Gasteiger partial charge in [0.05, 0.1) is 5.92 Å². The highest BCUT2D eigenvalue weighted by molar-refractivity contribution is 5.84. The van der Waals surface area contributed by atoms with E-state index in [2.05, 4.69) is 4.98 Å². The van der Waals surface area contributed by atoms with E-state index in [-0.39, 0.29) is 0 Å². The molecule has 0 aromatic carbocycles. The lowest BCUT2D eigenvalue weighted by Crippen LogP contribution is -2.25. The summed E-state index contributed by atoms with van der Waals surface area (Å²) in [5, 5.41) is 8.52. The third-order valence-corrected chi connectivity index (χ3v) is 3.00. The predicted octanol–water partition coefficient (Wildman–Crippen LogP) is 2.40. The smallest absolute Gasteiger partial charge is 0.289 e. The largest absolute Gasteiger partial charge is 0.433 e. The van der Waals surface area contributed by atoms with Gasteiger partial charge < -0.3 is 0 Å². The number of pyridine rings is 1. The van der Waals surface area contributed by atoms with Crippen LogP contribution in [0.1, 0.15) is 24.1 Å². The Labute approximate surface area is 106 Å². The number of amides is 1. The van der Waals surface area contributed by atoms with Gasteiger partial charge in [0.15, 0.2) is 0 Å². The number of alkyl halides is 3. The maximum atomic E-state index is 12.5. The van der Waals surface area contributed by atoms with E-state index < -0.39 is 23.7 Å². The van der Waals surface area contributed by atoms with E-state index in [9.17, 15) is 18.0 Å². The van der Waals surface area contributed by atoms with Crippen molar-refractivity contribution in [3.63, 3.8) is 0 Å². The Bertz CT molecular complexity index is 526. The number of carbonyl (C=O) groups is 1. The zero-order valence-electron chi connectivity index (χ0n) is 9.74. The Balaban J connectivity index is 2.26. The van der Waals surface area contributed by atoms with Crippen LogP contribution in [0.3, 0.4) is 0 Å². The van der Waals surface area contributed by atoms with Crippen molar-refractivity contribution in [3.05, 3.63) is 35.7 Å². The fourth-order valence-electron chi connectivity index (χ4n) is 2.04. The molecule has 7 heteroatoms. The highest BCUT2D eigenvalue weighted by Crippen LogP contribution is 2.34. The van der Waals surface area contributed by atoms with Crippen LogP contribution in [0.25, 0.3) is 5.57 Å². The zero-order valence-corrected chi connectivity index (χ0v) is 9.74. The maximum Gasteiger partial charge on any atom is 0.433 e. The molecule has 1 aromatic heterocycles. The molecule has 0 bridgehead atoms. The van der Waals surface area contributed by atoms with E-state index in [1.54, 1.807) is 6.08 Å². The average molecular weight is 272 g/mol. The second-order valence-corrected chi connectivity index (χ2v) is 4.24. The highest BCUT2D eigenvalue weighted by atomic mass is 19.4. The first-order valence-corrected chi connectivity index (χ1v) is 5.60. The van der Waals surface area contributed by atoms with Gasteiger partial charge in [0, 0.05) is 6.20 Å². The van der Waals surface area contributed by atoms with Crippen LogP contribution < -0.4 is 5.48 Å². The minimum atomic E-state index is -4.49. The minimum Gasteiger partial charge on any atom is -0.289 e. The Kier molecular flexibility index (Phi) is 3.57. The molecular weight excluding hydrogens is 261 g/mol. The SMILES string of the molecule is O=C(NO)C1C=C(c2ccnc(C(F)(F)F)c2)CC1. The first-order chi connectivity index (χ1) is 8.91. The molecule has 1 atom stereocenters. The van der Waals surface area contributed by atoms with Crippen LogP contribution in [0.15, 0.2) is 24.4 Å². The van der Waals surface area contributed by atoms with Crippen LogP contribution in [0.4, 0.5) is 13.2 Å². The van der Waals surface area contributed by atoms with Gasteiger partial charge in [0.25, 0.3) is 0 Å². The van der Waals surface area contributed by atoms with Gasteiger partial charge >= 0.3 is 6.18 Å². The minimum absolute atomic E-state index is 0.399. The molecule has 0 spiro atoms. The highest BCUT2D eigenvalue weighted by Gasteiger charge is 2.33. The van der Waals surface area contributed by atoms with E-state index in [4.69, 9.17) is 5.21 Å². The number of carbonyl (C=O) groups excluding carboxylic acids is 1. The van der Waals surface area contributed by atoms with Crippen LogP contribution in [0.2, 0.25) is 0 Å². The van der Waals surface area contributed by atoms with Gasteiger partial charge in [-0.1, -0.05) is 6.08 Å². The number of hydroxylamine groups is 1. The van der Waals surface area contributed by atoms with Gasteiger partial charge in [-0.05, 0) is 36.1 Å². The van der Waals surface area contributed by atoms with E-state index >= 15 is 0 Å². The summed E-state index contributed by atoms with van der Waals surface area (Å²) in [6.07, 6.45) is -0.874. The van der Waals surface area contributed by atoms with Crippen LogP contribution in [-0.4, -0.2) is 16.1 Å². The van der Waals surface area contributed by atoms with Crippen LogP contribution >= 0.6 is 0 Å². The molecule has 0 aliphatic heterocycles. The summed E-state index contributed by atoms with van der Waals surface area (Å²) in [6.45, 7) is 0. The first-order valence-electron chi connectivity index (χ1n) is 5.60. The van der Waals surface area contributed by atoms with Crippen LogP contribution in [0.5, 0.6) is 0 Å². The van der Waals surface area contributed by atoms with E-state index in [1.807, 2.05) is 0 Å². The third-order valence-electron chi connectivity index (χ3n) is 3.00. The molecule has 2 rings (SSSR count). The Hall–Kier alpha value is -1.89. The Morgan fingerprint density at radius 1 is 1.47 bits per heavy atom. The second kappa shape index (κ2) is 5.00. The van der Waals surface area contributed by atoms with Gasteiger partial charge in [-0.15, -0.1) is 0 Å². The topological polar surface area (TPSA) is 62.2 Å². The molecule has 0 saturated heterocycles. The summed E-state index contributed by atoms with van der Waals surface area (Å²) in [5.74, 6) is -1.07. The van der Waals surface area contributed by atoms with Crippen molar-refractivity contribution in [2.75, 3.05) is 0 Å². The summed E-state index contributed by atoms with van der Waals surface area (Å²) in [7, 11) is 0. The number of nitrogens with one attached hydrogen (secondary N) is 1. The van der Waals surface area contributed by atoms with Crippen LogP contribution in [0, 0.1) is 5.92 Å². The summed E-state index contributed by atoms with van der Waals surface area (Å²) in [5.41, 5.74) is 1.63. The quantitative estimate of drug-likeness (QED) is 0.642. The van der Waals surface area contributed by atoms with Gasteiger partial charge in [0.2, 0.25) is 5.91 Å². The van der Waals surface area contributed by atoms with Crippen molar-refractivity contribution >= 4 is 11.5 Å². The molecule has 0 radical (unpaired) electrons. The molecular formula is C12H11F3N2O2. The van der Waals surface area contributed by atoms with Crippen molar-refractivity contribution in [3.8, 4) is 0 Å². The number of aromatic nitrogens is 1. The fraction of sp³-hybridized carbons (Fsp3) is 0.333. The van der Waals surface area contributed by atoms with E-state index in [1.165, 1.54) is 11.5 Å². The molecule has 1 heterocycles. The van der Waals surface area contributed by atoms with E-state index in [0.717, 1.165) is 12.3 Å². The lowest BCUT2D eigenvalue weighted by molar-refractivity contribution is -0.141. The number of allylic oxidation sites excluding steroid dienone is 1. The molecule has 19 heavy (non-hydrogen) atoms. The van der Waals surface area contributed by atoms with Crippen molar-refractivity contribution in [2.24, 2.45) is 5.92 Å². The fourth-order valence-corrected chi connectivity index (χ4v) is 2.04. The number of rotatable bonds is 2. The predicted molar refractivity (Wildman–Crippen MR) is 59.9 cm³/mol. The van der Waals surface area contributed by atoms with Crippen LogP contribution in [-0.2, 0) is 11.0 Å². The number of halogens is 3. The maximum absolute atomic E-state index is 12.5. The van der Waals surface area contributed by atoms with Gasteiger partial charge in [0.1, 0.15) is 5.69 Å². The summed E-state index contributed by atoms with van der Waals surface area (Å²) < 4.78 is 37.6. The van der Waals surface area contributed by atoms with Gasteiger partial charge in [-0.2, -0.15) is 13.2 Å². The number of nitrogens with zero attached hydrogens (tertiary/aromatic N) is 1. The van der Waals surface area contributed by atoms with Gasteiger partial charge in [-0.3, -0.25) is 15.0 Å². The molecule has 1 aromatic rings. The monoisotopic (exact) mass is 272 g/mol. The molecule has 2 N–H and O–H groups in total. The molecule has 1 unspecified atom stereocenters. The van der Waals surface area contributed by atoms with Crippen molar-refractivity contribution in [1.82, 2.24) is 10.5 Å². The summed E-state index contributed by atoms with van der Waals surface area (Å²) in [4.78, 5) is 14.5. The molecule has 102 valence electrons. The summed E-state index contributed by atoms with van der Waals surface area (Å²) in [6, 6.07) is 2.44. The van der Waals surface area contributed by atoms with E-state index in [0.29, 0.717) is 24.0 Å². The normalized spacial score (nSPS) is 19.2. The molecule has 0 fully saturated rings. The second-order valence-electron chi connectivity index (χ2n) is 4.24. The standard InChI is InChI=1S/C12H11F3N2O2/c13-12(14,15)10-6-8(3-4-16-10)7-1-2-9(5-7)11(18)17-19/h3-6,9,19H,1-2H2,(H,17,18).